The van der Waals surface area contributed by atoms with E-state index in [1.54, 1.807) is 109 Å². The van der Waals surface area contributed by atoms with Crippen molar-refractivity contribution in [3.63, 3.8) is 0 Å². The topological polar surface area (TPSA) is 326 Å². The summed E-state index contributed by atoms with van der Waals surface area (Å²) in [6.45, 7) is 2.07. The number of ketones is 3. The molecule has 0 saturated heterocycles. The third-order valence-electron chi connectivity index (χ3n) is 16.4. The molecule has 8 aromatic carbocycles. The monoisotopic (exact) mass is 1420 g/mol. The number of nitrogens with two attached hydrogens (primary N) is 1. The highest BCUT2D eigenvalue weighted by Crippen LogP contribution is 2.25. The molecule has 2 heterocycles. The summed E-state index contributed by atoms with van der Waals surface area (Å²) in [5.41, 5.74) is 22.1. The van der Waals surface area contributed by atoms with E-state index >= 15 is 0 Å². The Morgan fingerprint density at radius 2 is 1.13 bits per heavy atom. The molecule has 0 unspecified atom stereocenters. The third kappa shape index (κ3) is 28.0. The number of amides is 4. The number of hydrogen-bond donors (Lipinski definition) is 9. The number of para-hydroxylation sites is 3. The number of unbranched alkanes of at least 4 members (excludes halogenated alkanes) is 4. The first-order chi connectivity index (χ1) is 50.4. The van der Waals surface area contributed by atoms with Gasteiger partial charge in [0.25, 0.3) is 11.8 Å². The zero-order valence-electron chi connectivity index (χ0n) is 57.9. The van der Waals surface area contributed by atoms with E-state index < -0.39 is 34.4 Å². The Balaban J connectivity index is 0.000000195. The number of H-pyrrole nitrogens is 1. The molecule has 0 aliphatic heterocycles. The van der Waals surface area contributed by atoms with Gasteiger partial charge in [-0.25, -0.2) is 24.2 Å². The van der Waals surface area contributed by atoms with Gasteiger partial charge in [-0.05, 0) is 145 Å². The van der Waals surface area contributed by atoms with Crippen LogP contribution in [0.4, 0.5) is 16.2 Å². The second-order valence-corrected chi connectivity index (χ2v) is 26.2. The lowest BCUT2D eigenvalue weighted by Crippen LogP contribution is -2.23. The molecule has 0 atom stereocenters. The number of ether oxygens (including phenoxy) is 1. The van der Waals surface area contributed by atoms with Crippen molar-refractivity contribution >= 4 is 85.4 Å². The lowest BCUT2D eigenvalue weighted by Gasteiger charge is -2.08. The number of anilines is 2. The highest BCUT2D eigenvalue weighted by atomic mass is 32.2. The smallest absolute Gasteiger partial charge is 0.407 e. The molecule has 20 nitrogen and oxygen atoms in total. The van der Waals surface area contributed by atoms with Gasteiger partial charge >= 0.3 is 6.09 Å². The van der Waals surface area contributed by atoms with E-state index in [0.717, 1.165) is 90.9 Å². The number of Topliss-reactive ketones (excluding diaryl/α,β-unsaturated/α-hetero) is 3. The molecule has 2 aromatic heterocycles. The Kier molecular flexibility index (Phi) is 33.0. The number of rotatable bonds is 31. The van der Waals surface area contributed by atoms with E-state index in [-0.39, 0.29) is 53.4 Å². The number of hydrogen-bond acceptors (Lipinski definition) is 15. The molecular formula is C83H87N7O13S. The number of aliphatic hydroxyl groups is 1. The molecule has 0 bridgehead atoms. The SMILES string of the molecule is Cc1[nH]c2ccccc2c1CCCCc1ccc(/C=C/C(=O)NO)cc1.Nc1ccccc1CC(=O)c1ccc(CNC(=O)OCc2cccnc2)cc1.O=C(/C=C/c1ccc(S(=O)(=O)Cc2ccccc2)cc1)NO.O=C(CCCCCCC(=O)Nc1ccccc1)Cc1ccccc1C(=O)CO. The Labute approximate surface area is 606 Å². The van der Waals surface area contributed by atoms with Crippen molar-refractivity contribution in [2.45, 2.75) is 108 Å². The lowest BCUT2D eigenvalue weighted by atomic mass is 9.97. The Hall–Kier alpha value is -11.8. The summed E-state index contributed by atoms with van der Waals surface area (Å²) in [6.07, 6.45) is 17.6. The summed E-state index contributed by atoms with van der Waals surface area (Å²) in [4.78, 5) is 89.5. The molecule has 0 spiro atoms. The van der Waals surface area contributed by atoms with Crippen LogP contribution in [0.5, 0.6) is 0 Å². The van der Waals surface area contributed by atoms with Crippen LogP contribution in [0.3, 0.4) is 0 Å². The normalized spacial score (nSPS) is 10.8. The van der Waals surface area contributed by atoms with Crippen LogP contribution in [0.1, 0.15) is 128 Å². The van der Waals surface area contributed by atoms with Crippen molar-refractivity contribution in [1.29, 1.82) is 0 Å². The predicted molar refractivity (Wildman–Crippen MR) is 404 cm³/mol. The van der Waals surface area contributed by atoms with E-state index in [9.17, 15) is 42.0 Å². The number of alkyl carbamates (subject to hydrolysis) is 1. The van der Waals surface area contributed by atoms with Gasteiger partial charge in [-0.3, -0.25) is 44.2 Å². The number of nitrogen functional groups attached to an aromatic ring is 1. The predicted octanol–water partition coefficient (Wildman–Crippen LogP) is 14.2. The van der Waals surface area contributed by atoms with Gasteiger partial charge in [0.2, 0.25) is 5.91 Å². The second kappa shape index (κ2) is 43.1. The number of aromatic nitrogens is 2. The number of fused-ring (bicyclic) bond motifs is 1. The summed E-state index contributed by atoms with van der Waals surface area (Å²) < 4.78 is 29.8. The van der Waals surface area contributed by atoms with Gasteiger partial charge in [-0.15, -0.1) is 0 Å². The van der Waals surface area contributed by atoms with Crippen molar-refractivity contribution < 1.29 is 62.2 Å². The fraction of sp³-hybridized carbons (Fsp3) is 0.205. The van der Waals surface area contributed by atoms with E-state index in [2.05, 4.69) is 63.9 Å². The minimum Gasteiger partial charge on any atom is -0.445 e. The van der Waals surface area contributed by atoms with E-state index in [1.165, 1.54) is 57.5 Å². The molecule has 10 N–H and O–H groups in total. The molecule has 0 aliphatic rings. The maximum atomic E-state index is 12.4. The van der Waals surface area contributed by atoms with Gasteiger partial charge in [-0.1, -0.05) is 189 Å². The summed E-state index contributed by atoms with van der Waals surface area (Å²) in [5, 5.41) is 32.8. The summed E-state index contributed by atoms with van der Waals surface area (Å²) in [5.74, 6) is -1.52. The van der Waals surface area contributed by atoms with Crippen LogP contribution in [0.25, 0.3) is 23.1 Å². The van der Waals surface area contributed by atoms with Crippen LogP contribution >= 0.6 is 0 Å². The van der Waals surface area contributed by atoms with Crippen LogP contribution in [0.2, 0.25) is 0 Å². The lowest BCUT2D eigenvalue weighted by molar-refractivity contribution is -0.124. The molecule has 0 saturated carbocycles. The second-order valence-electron chi connectivity index (χ2n) is 24.2. The Bertz CT molecular complexity index is 4570. The van der Waals surface area contributed by atoms with Crippen molar-refractivity contribution in [3.05, 3.63) is 310 Å². The summed E-state index contributed by atoms with van der Waals surface area (Å²) in [7, 11) is -3.41. The number of nitrogens with zero attached hydrogens (tertiary/aromatic N) is 1. The number of benzene rings is 8. The van der Waals surface area contributed by atoms with E-state index in [0.29, 0.717) is 47.3 Å². The van der Waals surface area contributed by atoms with Crippen molar-refractivity contribution in [2.75, 3.05) is 17.7 Å². The number of carbonyl (C=O) groups is 7. The molecule has 104 heavy (non-hydrogen) atoms. The zero-order chi connectivity index (χ0) is 74.3. The van der Waals surface area contributed by atoms with Crippen LogP contribution in [0, 0.1) is 6.92 Å². The van der Waals surface area contributed by atoms with E-state index in [1.807, 2.05) is 84.9 Å². The standard InChI is InChI=1S/C23H27NO4.C22H21N3O3.C22H24N2O2.C16H15NO4S/c25-17-22(27)21-14-9-8-10-18(21)16-20(26)13-6-1-2-7-15-23(28)24-19-11-4-3-5-12-19;23-20-6-2-1-5-19(20)12-21(26)18-9-7-16(8-10-18)14-25-22(27)28-15-17-4-3-11-24-13-17;1-16-19(20-8-4-5-9-21(20)23-16)7-3-2-6-17-10-12-18(13-11-17)14-15-22(25)24-26;18-16(17-19)11-8-13-6-9-15(10-7-13)22(20,21)12-14-4-2-1-3-5-14/h3-5,8-12,14,25H,1-2,6-7,13,15-17H2,(H,24,28);1-11,13H,12,14-15,23H2,(H,25,27);4-5,8-15,23,26H,2-3,6-7H2,1H3,(H,24,25);1-11,19H,12H2,(H,17,18)/b;;15-14+;11-8+. The fourth-order valence-corrected chi connectivity index (χ4v) is 12.2. The van der Waals surface area contributed by atoms with Gasteiger partial charge in [0.05, 0.1) is 10.6 Å². The van der Waals surface area contributed by atoms with Gasteiger partial charge in [0.1, 0.15) is 19.0 Å². The maximum absolute atomic E-state index is 12.4. The minimum atomic E-state index is -3.41. The van der Waals surface area contributed by atoms with E-state index in [4.69, 9.17) is 26.0 Å². The van der Waals surface area contributed by atoms with Crippen LogP contribution in [-0.2, 0) is 78.3 Å². The van der Waals surface area contributed by atoms with Gasteiger partial charge in [0.15, 0.2) is 21.4 Å². The highest BCUT2D eigenvalue weighted by molar-refractivity contribution is 7.90. The number of aromatic amines is 1. The first kappa shape index (κ1) is 79.6. The van der Waals surface area contributed by atoms with Crippen molar-refractivity contribution in [3.8, 4) is 0 Å². The van der Waals surface area contributed by atoms with Gasteiger partial charge in [-0.2, -0.15) is 0 Å². The summed E-state index contributed by atoms with van der Waals surface area (Å²) in [6, 6.07) is 66.1. The number of carbonyl (C=O) groups excluding carboxylic acids is 7. The van der Waals surface area contributed by atoms with Crippen molar-refractivity contribution in [1.82, 2.24) is 26.2 Å². The average Bonchev–Trinajstić information content (AvgIpc) is 1.45. The molecule has 0 radical (unpaired) electrons. The Morgan fingerprint density at radius 3 is 1.78 bits per heavy atom. The number of nitrogens with one attached hydrogen (secondary N) is 5. The molecule has 0 fully saturated rings. The molecular weight excluding hydrogens is 1340 g/mol. The number of aryl methyl sites for hydroxylation is 3. The Morgan fingerprint density at radius 1 is 0.558 bits per heavy atom. The third-order valence-corrected chi connectivity index (χ3v) is 18.1. The van der Waals surface area contributed by atoms with Crippen LogP contribution < -0.4 is 27.3 Å². The van der Waals surface area contributed by atoms with Crippen molar-refractivity contribution in [2.24, 2.45) is 0 Å². The fourth-order valence-electron chi connectivity index (χ4n) is 10.8. The molecule has 10 aromatic rings. The number of aliphatic hydroxyl groups excluding tert-OH is 1. The maximum Gasteiger partial charge on any atom is 0.407 e. The summed E-state index contributed by atoms with van der Waals surface area (Å²) >= 11 is 0. The first-order valence-electron chi connectivity index (χ1n) is 34.0. The molecule has 4 amide bonds. The largest absolute Gasteiger partial charge is 0.445 e. The highest BCUT2D eigenvalue weighted by Gasteiger charge is 2.17. The quantitative estimate of drug-likeness (QED) is 0.00487. The number of pyridine rings is 1. The molecule has 0 aliphatic carbocycles. The first-order valence-corrected chi connectivity index (χ1v) is 35.6. The van der Waals surface area contributed by atoms with Gasteiger partial charge in [0, 0.05) is 101 Å². The zero-order valence-corrected chi connectivity index (χ0v) is 58.7. The van der Waals surface area contributed by atoms with Crippen LogP contribution in [-0.4, -0.2) is 81.7 Å². The van der Waals surface area contributed by atoms with Gasteiger partial charge < -0.3 is 31.2 Å². The minimum absolute atomic E-state index is 0.00621. The molecule has 21 heteroatoms. The molecule has 538 valence electrons. The molecule has 10 rings (SSSR count). The average molecular weight is 1420 g/mol. The number of hydroxylamine groups is 2. The van der Waals surface area contributed by atoms with Crippen LogP contribution in [0.15, 0.2) is 248 Å². The number of sulfone groups is 1.